The van der Waals surface area contributed by atoms with Gasteiger partial charge in [-0.3, -0.25) is 0 Å². The van der Waals surface area contributed by atoms with Crippen molar-refractivity contribution in [1.29, 1.82) is 0 Å². The van der Waals surface area contributed by atoms with Crippen molar-refractivity contribution >= 4 is 26.6 Å². The van der Waals surface area contributed by atoms with Gasteiger partial charge in [0.25, 0.3) is 0 Å². The van der Waals surface area contributed by atoms with Gasteiger partial charge in [0.15, 0.2) is 0 Å². The first-order valence-electron chi connectivity index (χ1n) is 6.38. The number of H-pyrrole nitrogens is 1. The molecule has 1 aliphatic heterocycles. The Morgan fingerprint density at radius 1 is 1.42 bits per heavy atom. The fraction of sp³-hybridized carbons (Fsp3) is 0.385. The second kappa shape index (κ2) is 4.25. The zero-order valence-corrected chi connectivity index (χ0v) is 11.6. The summed E-state index contributed by atoms with van der Waals surface area (Å²) in [7, 11) is -3.44. The predicted octanol–water partition coefficient (Wildman–Crippen LogP) is 1.92. The van der Waals surface area contributed by atoms with Crippen LogP contribution >= 0.6 is 0 Å². The lowest BCUT2D eigenvalue weighted by Crippen LogP contribution is -2.33. The van der Waals surface area contributed by atoms with Crippen LogP contribution in [0.25, 0.3) is 10.9 Å². The summed E-state index contributed by atoms with van der Waals surface area (Å²) in [5.74, 6) is 0. The summed E-state index contributed by atoms with van der Waals surface area (Å²) in [6.07, 6.45) is 3.40. The van der Waals surface area contributed by atoms with Gasteiger partial charge < -0.3 is 10.7 Å². The van der Waals surface area contributed by atoms with Gasteiger partial charge >= 0.3 is 0 Å². The molecule has 1 saturated heterocycles. The van der Waals surface area contributed by atoms with E-state index in [0.717, 1.165) is 18.4 Å². The number of aromatic nitrogens is 1. The summed E-state index contributed by atoms with van der Waals surface area (Å²) in [5.41, 5.74) is 7.11. The third-order valence-electron chi connectivity index (χ3n) is 3.75. The number of hydrogen-bond donors (Lipinski definition) is 2. The van der Waals surface area contributed by atoms with Crippen molar-refractivity contribution in [2.75, 3.05) is 12.3 Å². The second-order valence-electron chi connectivity index (χ2n) is 5.06. The topological polar surface area (TPSA) is 79.2 Å². The molecule has 3 rings (SSSR count). The molecule has 6 heteroatoms. The minimum absolute atomic E-state index is 0.0657. The van der Waals surface area contributed by atoms with Crippen molar-refractivity contribution in [2.45, 2.75) is 30.7 Å². The van der Waals surface area contributed by atoms with Crippen LogP contribution in [0.4, 0.5) is 5.69 Å². The highest BCUT2D eigenvalue weighted by atomic mass is 32.2. The minimum Gasteiger partial charge on any atom is -0.399 e. The van der Waals surface area contributed by atoms with Gasteiger partial charge in [-0.2, -0.15) is 4.31 Å². The quantitative estimate of drug-likeness (QED) is 0.824. The Morgan fingerprint density at radius 3 is 2.89 bits per heavy atom. The number of aromatic amines is 1. The molecule has 0 bridgehead atoms. The molecule has 0 radical (unpaired) electrons. The van der Waals surface area contributed by atoms with Gasteiger partial charge in [0.1, 0.15) is 4.90 Å². The van der Waals surface area contributed by atoms with Crippen LogP contribution in [0.5, 0.6) is 0 Å². The number of rotatable bonds is 2. The van der Waals surface area contributed by atoms with Crippen molar-refractivity contribution in [3.63, 3.8) is 0 Å². The normalized spacial score (nSPS) is 21.2. The van der Waals surface area contributed by atoms with E-state index in [1.54, 1.807) is 28.7 Å². The number of benzene rings is 1. The smallest absolute Gasteiger partial charge is 0.245 e. The van der Waals surface area contributed by atoms with Crippen molar-refractivity contribution in [2.24, 2.45) is 0 Å². The lowest BCUT2D eigenvalue weighted by atomic mass is 10.2. The molecule has 0 aliphatic carbocycles. The number of anilines is 1. The molecule has 1 aromatic heterocycles. The average molecular weight is 279 g/mol. The molecule has 1 atom stereocenters. The summed E-state index contributed by atoms with van der Waals surface area (Å²) < 4.78 is 27.0. The second-order valence-corrected chi connectivity index (χ2v) is 6.92. The molecule has 0 amide bonds. The van der Waals surface area contributed by atoms with Crippen molar-refractivity contribution in [3.8, 4) is 0 Å². The van der Waals surface area contributed by atoms with Crippen LogP contribution in [-0.4, -0.2) is 30.3 Å². The van der Waals surface area contributed by atoms with Crippen LogP contribution in [0.2, 0.25) is 0 Å². The van der Waals surface area contributed by atoms with Crippen LogP contribution < -0.4 is 5.73 Å². The van der Waals surface area contributed by atoms with Crippen LogP contribution in [0.1, 0.15) is 19.8 Å². The monoisotopic (exact) mass is 279 g/mol. The Morgan fingerprint density at radius 2 is 2.21 bits per heavy atom. The number of nitrogens with one attached hydrogen (secondary N) is 1. The first kappa shape index (κ1) is 12.5. The van der Waals surface area contributed by atoms with E-state index in [0.29, 0.717) is 22.5 Å². The molecule has 3 N–H and O–H groups in total. The Labute approximate surface area is 112 Å². The van der Waals surface area contributed by atoms with Gasteiger partial charge in [0, 0.05) is 35.4 Å². The average Bonchev–Trinajstić information content (AvgIpc) is 2.94. The molecule has 102 valence electrons. The minimum atomic E-state index is -3.44. The van der Waals surface area contributed by atoms with E-state index < -0.39 is 10.0 Å². The van der Waals surface area contributed by atoms with Gasteiger partial charge in [-0.1, -0.05) is 0 Å². The summed E-state index contributed by atoms with van der Waals surface area (Å²) in [4.78, 5) is 3.32. The van der Waals surface area contributed by atoms with E-state index in [1.165, 1.54) is 0 Å². The molecule has 1 fully saturated rings. The molecule has 1 aliphatic rings. The summed E-state index contributed by atoms with van der Waals surface area (Å²) >= 11 is 0. The molecule has 19 heavy (non-hydrogen) atoms. The van der Waals surface area contributed by atoms with Gasteiger partial charge in [0.05, 0.1) is 0 Å². The van der Waals surface area contributed by atoms with Crippen LogP contribution in [0.15, 0.2) is 29.3 Å². The number of nitrogens with two attached hydrogens (primary N) is 1. The summed E-state index contributed by atoms with van der Waals surface area (Å²) in [5, 5.41) is 0.666. The highest BCUT2D eigenvalue weighted by Gasteiger charge is 2.34. The standard InChI is InChI=1S/C13H17N3O2S/c1-9-3-2-6-16(9)19(17,18)13-8-15-12-5-4-10(14)7-11(12)13/h4-5,7-9,15H,2-3,6,14H2,1H3. The maximum atomic E-state index is 12.7. The van der Waals surface area contributed by atoms with Crippen molar-refractivity contribution < 1.29 is 8.42 Å². The SMILES string of the molecule is CC1CCCN1S(=O)(=O)c1c[nH]c2ccc(N)cc12. The van der Waals surface area contributed by atoms with Crippen molar-refractivity contribution in [3.05, 3.63) is 24.4 Å². The number of sulfonamides is 1. The van der Waals surface area contributed by atoms with E-state index in [9.17, 15) is 8.42 Å². The predicted molar refractivity (Wildman–Crippen MR) is 75.3 cm³/mol. The number of nitrogens with zero attached hydrogens (tertiary/aromatic N) is 1. The van der Waals surface area contributed by atoms with E-state index >= 15 is 0 Å². The molecule has 1 aromatic carbocycles. The maximum absolute atomic E-state index is 12.7. The van der Waals surface area contributed by atoms with Gasteiger partial charge in [-0.25, -0.2) is 8.42 Å². The highest BCUT2D eigenvalue weighted by Crippen LogP contribution is 2.31. The van der Waals surface area contributed by atoms with Crippen LogP contribution in [-0.2, 0) is 10.0 Å². The fourth-order valence-corrected chi connectivity index (χ4v) is 4.57. The van der Waals surface area contributed by atoms with E-state index in [4.69, 9.17) is 5.73 Å². The van der Waals surface area contributed by atoms with Gasteiger partial charge in [-0.05, 0) is 38.0 Å². The first-order valence-corrected chi connectivity index (χ1v) is 7.82. The molecular weight excluding hydrogens is 262 g/mol. The molecule has 0 spiro atoms. The van der Waals surface area contributed by atoms with E-state index in [1.807, 2.05) is 6.92 Å². The number of hydrogen-bond acceptors (Lipinski definition) is 3. The molecule has 0 saturated carbocycles. The van der Waals surface area contributed by atoms with E-state index in [-0.39, 0.29) is 6.04 Å². The molecule has 5 nitrogen and oxygen atoms in total. The lowest BCUT2D eigenvalue weighted by molar-refractivity contribution is 0.409. The molecule has 1 unspecified atom stereocenters. The lowest BCUT2D eigenvalue weighted by Gasteiger charge is -2.20. The number of nitrogen functional groups attached to an aromatic ring is 1. The maximum Gasteiger partial charge on any atom is 0.245 e. The van der Waals surface area contributed by atoms with Crippen LogP contribution in [0, 0.1) is 0 Å². The third kappa shape index (κ3) is 1.91. The fourth-order valence-electron chi connectivity index (χ4n) is 2.72. The van der Waals surface area contributed by atoms with Gasteiger partial charge in [0.2, 0.25) is 10.0 Å². The molecular formula is C13H17N3O2S. The van der Waals surface area contributed by atoms with Crippen molar-refractivity contribution in [1.82, 2.24) is 9.29 Å². The highest BCUT2D eigenvalue weighted by molar-refractivity contribution is 7.89. The van der Waals surface area contributed by atoms with Gasteiger partial charge in [-0.15, -0.1) is 0 Å². The van der Waals surface area contributed by atoms with Crippen LogP contribution in [0.3, 0.4) is 0 Å². The number of fused-ring (bicyclic) bond motifs is 1. The molecule has 2 aromatic rings. The summed E-state index contributed by atoms with van der Waals surface area (Å²) in [6.45, 7) is 2.55. The zero-order valence-electron chi connectivity index (χ0n) is 10.8. The zero-order chi connectivity index (χ0) is 13.6. The Hall–Kier alpha value is -1.53. The Kier molecular flexibility index (Phi) is 2.79. The largest absolute Gasteiger partial charge is 0.399 e. The Bertz CT molecular complexity index is 721. The van der Waals surface area contributed by atoms with E-state index in [2.05, 4.69) is 4.98 Å². The Balaban J connectivity index is 2.16. The first-order chi connectivity index (χ1) is 9.00. The summed E-state index contributed by atoms with van der Waals surface area (Å²) in [6, 6.07) is 5.33. The third-order valence-corrected chi connectivity index (χ3v) is 5.80. The molecule has 2 heterocycles.